The number of furan rings is 1. The topological polar surface area (TPSA) is 29.3 Å². The van der Waals surface area contributed by atoms with Gasteiger partial charge in [-0.05, 0) is 110 Å². The maximum absolute atomic E-state index is 6.18. The predicted octanol–water partition coefficient (Wildman–Crippen LogP) is 13.5. The molecule has 1 aliphatic carbocycles. The van der Waals surface area contributed by atoms with Crippen molar-refractivity contribution in [3.63, 3.8) is 0 Å². The van der Waals surface area contributed by atoms with Crippen LogP contribution in [-0.2, 0) is 0 Å². The third kappa shape index (κ3) is 4.94. The summed E-state index contributed by atoms with van der Waals surface area (Å²) in [7, 11) is 0. The summed E-state index contributed by atoms with van der Waals surface area (Å²) in [6.45, 7) is 0. The highest BCUT2D eigenvalue weighted by Crippen LogP contribution is 2.55. The van der Waals surface area contributed by atoms with Gasteiger partial charge in [-0.15, -0.1) is 11.8 Å². The average molecular weight is 697 g/mol. The zero-order valence-electron chi connectivity index (χ0n) is 28.7. The Hall–Kier alpha value is -6.36. The molecule has 0 N–H and O–H groups in total. The van der Waals surface area contributed by atoms with Gasteiger partial charge >= 0.3 is 0 Å². The van der Waals surface area contributed by atoms with E-state index in [1.165, 1.54) is 59.6 Å². The molecule has 7 aromatic carbocycles. The SMILES string of the molecule is C1=CC2c3c(c4ccccc4c4ccccc34)SC2C=C1N(c1ccc(-c2cc3ncccc3o2)cc1)c1ccc(-c2cccc3ccccc23)cc1. The fourth-order valence-corrected chi connectivity index (χ4v) is 9.92. The molecule has 3 heterocycles. The van der Waals surface area contributed by atoms with E-state index in [1.54, 1.807) is 6.20 Å². The Balaban J connectivity index is 1.01. The Bertz CT molecular complexity index is 2900. The van der Waals surface area contributed by atoms with Gasteiger partial charge in [-0.25, -0.2) is 0 Å². The number of anilines is 2. The van der Waals surface area contributed by atoms with Crippen LogP contribution in [0.3, 0.4) is 0 Å². The molecule has 3 nitrogen and oxygen atoms in total. The Morgan fingerprint density at radius 3 is 2.02 bits per heavy atom. The van der Waals surface area contributed by atoms with Crippen LogP contribution in [0.4, 0.5) is 11.4 Å². The van der Waals surface area contributed by atoms with Crippen molar-refractivity contribution in [3.8, 4) is 22.5 Å². The number of pyridine rings is 1. The predicted molar refractivity (Wildman–Crippen MR) is 222 cm³/mol. The summed E-state index contributed by atoms with van der Waals surface area (Å²) in [5.74, 6) is 1.11. The Morgan fingerprint density at radius 1 is 0.585 bits per heavy atom. The van der Waals surface area contributed by atoms with Crippen molar-refractivity contribution in [2.45, 2.75) is 16.1 Å². The van der Waals surface area contributed by atoms with Gasteiger partial charge in [-0.1, -0.05) is 109 Å². The second kappa shape index (κ2) is 12.1. The third-order valence-electron chi connectivity index (χ3n) is 10.9. The van der Waals surface area contributed by atoms with Gasteiger partial charge < -0.3 is 9.32 Å². The highest BCUT2D eigenvalue weighted by molar-refractivity contribution is 8.00. The van der Waals surface area contributed by atoms with Gasteiger partial charge in [-0.2, -0.15) is 0 Å². The molecule has 4 heteroatoms. The lowest BCUT2D eigenvalue weighted by atomic mass is 9.86. The molecule has 0 fully saturated rings. The summed E-state index contributed by atoms with van der Waals surface area (Å²) in [5, 5.41) is 8.16. The smallest absolute Gasteiger partial charge is 0.153 e. The largest absolute Gasteiger partial charge is 0.454 e. The summed E-state index contributed by atoms with van der Waals surface area (Å²) in [6, 6.07) is 56.6. The van der Waals surface area contributed by atoms with Crippen molar-refractivity contribution in [3.05, 3.63) is 193 Å². The maximum Gasteiger partial charge on any atom is 0.153 e. The van der Waals surface area contributed by atoms with Crippen molar-refractivity contribution >= 4 is 66.6 Å². The van der Waals surface area contributed by atoms with Gasteiger partial charge in [0.1, 0.15) is 11.3 Å². The Kier molecular flexibility index (Phi) is 6.92. The zero-order valence-corrected chi connectivity index (χ0v) is 29.5. The van der Waals surface area contributed by atoms with Gasteiger partial charge in [0.05, 0.1) is 0 Å². The Labute approximate surface area is 311 Å². The zero-order chi connectivity index (χ0) is 34.9. The van der Waals surface area contributed by atoms with Crippen molar-refractivity contribution in [1.29, 1.82) is 0 Å². The number of allylic oxidation sites excluding steroid dienone is 2. The van der Waals surface area contributed by atoms with Gasteiger partial charge in [0.2, 0.25) is 0 Å². The van der Waals surface area contributed by atoms with E-state index in [1.807, 2.05) is 30.0 Å². The number of hydrogen-bond acceptors (Lipinski definition) is 4. The van der Waals surface area contributed by atoms with E-state index in [0.717, 1.165) is 33.8 Å². The lowest BCUT2D eigenvalue weighted by Crippen LogP contribution is -2.20. The molecule has 2 aromatic heterocycles. The van der Waals surface area contributed by atoms with Crippen LogP contribution < -0.4 is 4.90 Å². The molecule has 0 spiro atoms. The molecular formula is C49H32N2OS. The number of aromatic nitrogens is 1. The summed E-state index contributed by atoms with van der Waals surface area (Å²) < 4.78 is 6.18. The van der Waals surface area contributed by atoms with E-state index in [2.05, 4.69) is 168 Å². The molecule has 53 heavy (non-hydrogen) atoms. The van der Waals surface area contributed by atoms with Crippen LogP contribution in [0.1, 0.15) is 11.5 Å². The maximum atomic E-state index is 6.18. The van der Waals surface area contributed by atoms with E-state index in [9.17, 15) is 0 Å². The number of thioether (sulfide) groups is 1. The molecule has 11 rings (SSSR count). The van der Waals surface area contributed by atoms with Crippen molar-refractivity contribution in [1.82, 2.24) is 4.98 Å². The van der Waals surface area contributed by atoms with Crippen molar-refractivity contribution in [2.24, 2.45) is 0 Å². The van der Waals surface area contributed by atoms with Crippen molar-refractivity contribution in [2.75, 3.05) is 4.90 Å². The molecule has 9 aromatic rings. The summed E-state index contributed by atoms with van der Waals surface area (Å²) >= 11 is 2.01. The number of fused-ring (bicyclic) bond motifs is 10. The molecule has 2 aliphatic rings. The van der Waals surface area contributed by atoms with Crippen LogP contribution in [0.25, 0.3) is 65.9 Å². The summed E-state index contributed by atoms with van der Waals surface area (Å²) in [6.07, 6.45) is 9.05. The normalized spacial score (nSPS) is 16.3. The third-order valence-corrected chi connectivity index (χ3v) is 12.2. The average Bonchev–Trinajstić information content (AvgIpc) is 3.84. The Morgan fingerprint density at radius 2 is 1.25 bits per heavy atom. The molecule has 250 valence electrons. The minimum Gasteiger partial charge on any atom is -0.454 e. The highest BCUT2D eigenvalue weighted by atomic mass is 32.2. The molecular weight excluding hydrogens is 665 g/mol. The van der Waals surface area contributed by atoms with E-state index < -0.39 is 0 Å². The number of benzene rings is 7. The van der Waals surface area contributed by atoms with E-state index >= 15 is 0 Å². The van der Waals surface area contributed by atoms with Crippen molar-refractivity contribution < 1.29 is 4.42 Å². The van der Waals surface area contributed by atoms with Gasteiger partial charge in [0, 0.05) is 51.0 Å². The molecule has 0 amide bonds. The highest BCUT2D eigenvalue weighted by Gasteiger charge is 2.36. The first-order valence-corrected chi connectivity index (χ1v) is 19.0. The fraction of sp³-hybridized carbons (Fsp3) is 0.0408. The van der Waals surface area contributed by atoms with E-state index in [4.69, 9.17) is 4.42 Å². The summed E-state index contributed by atoms with van der Waals surface area (Å²) in [5.41, 5.74) is 9.94. The molecule has 2 atom stereocenters. The molecule has 0 radical (unpaired) electrons. The summed E-state index contributed by atoms with van der Waals surface area (Å²) in [4.78, 5) is 8.28. The molecule has 0 saturated heterocycles. The lowest BCUT2D eigenvalue weighted by Gasteiger charge is -2.30. The van der Waals surface area contributed by atoms with E-state index in [0.29, 0.717) is 5.92 Å². The number of nitrogens with zero attached hydrogens (tertiary/aromatic N) is 2. The molecule has 0 saturated carbocycles. The van der Waals surface area contributed by atoms with Crippen LogP contribution in [0.5, 0.6) is 0 Å². The van der Waals surface area contributed by atoms with Crippen LogP contribution in [0.2, 0.25) is 0 Å². The minimum atomic E-state index is 0.277. The number of rotatable bonds is 5. The molecule has 2 unspecified atom stereocenters. The monoisotopic (exact) mass is 696 g/mol. The van der Waals surface area contributed by atoms with E-state index in [-0.39, 0.29) is 5.25 Å². The number of hydrogen-bond donors (Lipinski definition) is 0. The minimum absolute atomic E-state index is 0.277. The van der Waals surface area contributed by atoms with Crippen LogP contribution in [-0.4, -0.2) is 10.2 Å². The first-order valence-electron chi connectivity index (χ1n) is 18.1. The van der Waals surface area contributed by atoms with Crippen LogP contribution >= 0.6 is 11.8 Å². The second-order valence-corrected chi connectivity index (χ2v) is 15.0. The quantitative estimate of drug-likeness (QED) is 0.168. The van der Waals surface area contributed by atoms with Crippen LogP contribution in [0, 0.1) is 0 Å². The first kappa shape index (κ1) is 30.3. The standard InChI is InChI=1S/C49H32N2OS/c1-2-11-37-31(9-1)10-7-16-38(37)32-18-22-34(23-19-32)51(35-24-20-33(21-25-35)46-30-44-45(52-46)17-8-28-50-44)36-26-27-43-47(29-36)53-49-42-15-6-4-13-40(42)39-12-3-5-14-41(39)48(43)49/h1-30,43,47H. The van der Waals surface area contributed by atoms with Gasteiger partial charge in [0.25, 0.3) is 0 Å². The fourth-order valence-electron chi connectivity index (χ4n) is 8.39. The molecule has 1 aliphatic heterocycles. The van der Waals surface area contributed by atoms with Gasteiger partial charge in [-0.3, -0.25) is 4.98 Å². The molecule has 0 bridgehead atoms. The first-order chi connectivity index (χ1) is 26.3. The second-order valence-electron chi connectivity index (χ2n) is 13.8. The van der Waals surface area contributed by atoms with Crippen LogP contribution in [0.15, 0.2) is 197 Å². The lowest BCUT2D eigenvalue weighted by molar-refractivity contribution is 0.631. The van der Waals surface area contributed by atoms with Gasteiger partial charge in [0.15, 0.2) is 5.58 Å².